The fourth-order valence-corrected chi connectivity index (χ4v) is 2.70. The first-order chi connectivity index (χ1) is 10.0. The molecule has 1 aromatic carbocycles. The molecule has 0 bridgehead atoms. The summed E-state index contributed by atoms with van der Waals surface area (Å²) in [6, 6.07) is 13.1. The van der Waals surface area contributed by atoms with Crippen LogP contribution in [0, 0.1) is 11.3 Å². The topological polar surface area (TPSA) is 50.8 Å². The van der Waals surface area contributed by atoms with Crippen molar-refractivity contribution in [2.75, 3.05) is 6.61 Å². The van der Waals surface area contributed by atoms with Crippen LogP contribution >= 0.6 is 0 Å². The van der Waals surface area contributed by atoms with Gasteiger partial charge in [0, 0.05) is 20.2 Å². The lowest BCUT2D eigenvalue weighted by Gasteiger charge is -2.15. The van der Waals surface area contributed by atoms with E-state index in [-0.39, 0.29) is 0 Å². The van der Waals surface area contributed by atoms with Crippen molar-refractivity contribution in [3.8, 4) is 17.3 Å². The average molecular weight is 299 g/mol. The van der Waals surface area contributed by atoms with Crippen LogP contribution in [-0.4, -0.2) is 24.2 Å². The van der Waals surface area contributed by atoms with Gasteiger partial charge in [-0.1, -0.05) is 50.0 Å². The van der Waals surface area contributed by atoms with Crippen LogP contribution in [0.3, 0.4) is 0 Å². The Bertz CT molecular complexity index is 623. The van der Waals surface area contributed by atoms with Gasteiger partial charge in [-0.05, 0) is 6.04 Å². The number of benzene rings is 1. The van der Waals surface area contributed by atoms with Gasteiger partial charge in [0.2, 0.25) is 0 Å². The molecule has 0 aliphatic carbocycles. The Morgan fingerprint density at radius 3 is 2.57 bits per heavy atom. The molecule has 0 saturated carbocycles. The number of ether oxygens (including phenoxy) is 1. The van der Waals surface area contributed by atoms with E-state index in [1.807, 2.05) is 30.3 Å². The third-order valence-corrected chi connectivity index (χ3v) is 4.92. The number of rotatable bonds is 6. The maximum absolute atomic E-state index is 9.38. The highest BCUT2D eigenvalue weighted by Gasteiger charge is 2.14. The van der Waals surface area contributed by atoms with E-state index in [4.69, 9.17) is 4.74 Å². The molecule has 0 aliphatic rings. The molecule has 0 spiro atoms. The van der Waals surface area contributed by atoms with Crippen molar-refractivity contribution in [2.45, 2.75) is 32.4 Å². The molecule has 1 aromatic heterocycles. The highest BCUT2D eigenvalue weighted by Crippen LogP contribution is 2.21. The fourth-order valence-electron chi connectivity index (χ4n) is 1.95. The lowest BCUT2D eigenvalue weighted by Crippen LogP contribution is -2.22. The van der Waals surface area contributed by atoms with Crippen molar-refractivity contribution in [2.24, 2.45) is 0 Å². The van der Waals surface area contributed by atoms with E-state index in [2.05, 4.69) is 30.7 Å². The van der Waals surface area contributed by atoms with Gasteiger partial charge in [-0.15, -0.1) is 0 Å². The molecule has 0 aliphatic heterocycles. The second kappa shape index (κ2) is 6.70. The lowest BCUT2D eigenvalue weighted by atomic mass is 10.1. The monoisotopic (exact) mass is 299 g/mol. The van der Waals surface area contributed by atoms with Crippen LogP contribution in [0.25, 0.3) is 11.3 Å². The van der Waals surface area contributed by atoms with Crippen molar-refractivity contribution in [1.29, 1.82) is 5.26 Å². The molecule has 1 heterocycles. The van der Waals surface area contributed by atoms with E-state index in [0.717, 1.165) is 18.2 Å². The van der Waals surface area contributed by atoms with Crippen molar-refractivity contribution in [1.82, 2.24) is 9.55 Å². The smallest absolute Gasteiger partial charge is 0.149 e. The van der Waals surface area contributed by atoms with Gasteiger partial charge in [0.05, 0.1) is 6.33 Å². The minimum absolute atomic E-state index is 0.382. The fraction of sp³-hybridized carbons (Fsp3) is 0.375. The summed E-state index contributed by atoms with van der Waals surface area (Å²) in [7, 11) is -1.08. The Labute approximate surface area is 127 Å². The van der Waals surface area contributed by atoms with E-state index in [0.29, 0.717) is 18.1 Å². The molecule has 0 N–H and O–H groups in total. The minimum atomic E-state index is -1.08. The van der Waals surface area contributed by atoms with Crippen LogP contribution < -0.4 is 0 Å². The number of imidazole rings is 1. The molecule has 0 amide bonds. The maximum Gasteiger partial charge on any atom is 0.149 e. The summed E-state index contributed by atoms with van der Waals surface area (Å²) in [5, 5.41) is 9.38. The van der Waals surface area contributed by atoms with Crippen LogP contribution in [0.1, 0.15) is 5.69 Å². The summed E-state index contributed by atoms with van der Waals surface area (Å²) in [5.74, 6) is 0. The van der Waals surface area contributed by atoms with Gasteiger partial charge in [-0.3, -0.25) is 4.57 Å². The molecule has 4 nitrogen and oxygen atoms in total. The van der Waals surface area contributed by atoms with Crippen molar-refractivity contribution in [3.05, 3.63) is 42.4 Å². The summed E-state index contributed by atoms with van der Waals surface area (Å²) in [4.78, 5) is 4.35. The average Bonchev–Trinajstić information content (AvgIpc) is 2.86. The van der Waals surface area contributed by atoms with Crippen LogP contribution in [0.4, 0.5) is 0 Å². The van der Waals surface area contributed by atoms with Gasteiger partial charge in [0.15, 0.2) is 0 Å². The molecule has 0 saturated heterocycles. The Balaban J connectivity index is 2.06. The Morgan fingerprint density at radius 1 is 1.24 bits per heavy atom. The minimum Gasteiger partial charge on any atom is -0.361 e. The van der Waals surface area contributed by atoms with Crippen LogP contribution in [0.15, 0.2) is 36.7 Å². The zero-order valence-electron chi connectivity index (χ0n) is 12.8. The van der Waals surface area contributed by atoms with Gasteiger partial charge in [-0.25, -0.2) is 4.98 Å². The molecule has 110 valence electrons. The van der Waals surface area contributed by atoms with Crippen molar-refractivity contribution < 1.29 is 4.74 Å². The molecule has 0 unspecified atom stereocenters. The third kappa shape index (κ3) is 4.28. The molecule has 21 heavy (non-hydrogen) atoms. The van der Waals surface area contributed by atoms with Gasteiger partial charge < -0.3 is 4.74 Å². The number of hydrogen-bond acceptors (Lipinski definition) is 3. The molecule has 0 radical (unpaired) electrons. The Kier molecular flexibility index (Phi) is 4.94. The summed E-state index contributed by atoms with van der Waals surface area (Å²) >= 11 is 0. The third-order valence-electron chi connectivity index (χ3n) is 3.22. The second-order valence-corrected chi connectivity index (χ2v) is 11.9. The molecule has 2 rings (SSSR count). The molecular formula is C16H21N3OSi. The number of nitriles is 1. The van der Waals surface area contributed by atoms with Crippen LogP contribution in [0.5, 0.6) is 0 Å². The molecule has 0 atom stereocenters. The molecule has 0 fully saturated rings. The van der Waals surface area contributed by atoms with Gasteiger partial charge in [0.1, 0.15) is 24.2 Å². The van der Waals surface area contributed by atoms with Crippen LogP contribution in [-0.2, 0) is 11.5 Å². The van der Waals surface area contributed by atoms with E-state index >= 15 is 0 Å². The highest BCUT2D eigenvalue weighted by atomic mass is 28.3. The van der Waals surface area contributed by atoms with Gasteiger partial charge >= 0.3 is 0 Å². The van der Waals surface area contributed by atoms with E-state index in [1.165, 1.54) is 0 Å². The summed E-state index contributed by atoms with van der Waals surface area (Å²) < 4.78 is 7.46. The zero-order valence-corrected chi connectivity index (χ0v) is 13.8. The van der Waals surface area contributed by atoms with Crippen molar-refractivity contribution >= 4 is 8.07 Å². The van der Waals surface area contributed by atoms with E-state index < -0.39 is 8.07 Å². The summed E-state index contributed by atoms with van der Waals surface area (Å²) in [6.07, 6.45) is 1.68. The van der Waals surface area contributed by atoms with Crippen molar-refractivity contribution in [3.63, 3.8) is 0 Å². The first-order valence-electron chi connectivity index (χ1n) is 7.10. The Morgan fingerprint density at radius 2 is 1.95 bits per heavy atom. The SMILES string of the molecule is C[Si](C)(C)CCOCn1cnc(-c2ccccc2)c1C#N. The Hall–Kier alpha value is -1.90. The number of aromatic nitrogens is 2. The highest BCUT2D eigenvalue weighted by molar-refractivity contribution is 6.76. The lowest BCUT2D eigenvalue weighted by molar-refractivity contribution is 0.0866. The second-order valence-electron chi connectivity index (χ2n) is 6.24. The van der Waals surface area contributed by atoms with Gasteiger partial charge in [0.25, 0.3) is 0 Å². The largest absolute Gasteiger partial charge is 0.361 e. The van der Waals surface area contributed by atoms with E-state index in [9.17, 15) is 5.26 Å². The van der Waals surface area contributed by atoms with Crippen LogP contribution in [0.2, 0.25) is 25.7 Å². The normalized spacial score (nSPS) is 11.3. The number of hydrogen-bond donors (Lipinski definition) is 0. The quantitative estimate of drug-likeness (QED) is 0.603. The predicted octanol–water partition coefficient (Wildman–Crippen LogP) is 3.73. The summed E-state index contributed by atoms with van der Waals surface area (Å²) in [6.45, 7) is 8.08. The predicted molar refractivity (Wildman–Crippen MR) is 86.5 cm³/mol. The first-order valence-corrected chi connectivity index (χ1v) is 10.8. The van der Waals surface area contributed by atoms with Gasteiger partial charge in [-0.2, -0.15) is 5.26 Å². The first kappa shape index (κ1) is 15.5. The molecular weight excluding hydrogens is 278 g/mol. The molecule has 2 aromatic rings. The molecule has 5 heteroatoms. The number of nitrogens with zero attached hydrogens (tertiary/aromatic N) is 3. The zero-order chi connectivity index (χ0) is 15.3. The van der Waals surface area contributed by atoms with E-state index in [1.54, 1.807) is 10.9 Å². The standard InChI is InChI=1S/C16H21N3OSi/c1-21(2,3)10-9-20-13-19-12-18-16(15(19)11-17)14-7-5-4-6-8-14/h4-8,12H,9-10,13H2,1-3H3. The maximum atomic E-state index is 9.38. The summed E-state index contributed by atoms with van der Waals surface area (Å²) in [5.41, 5.74) is 2.22.